The lowest BCUT2D eigenvalue weighted by Gasteiger charge is -2.26. The Morgan fingerprint density at radius 3 is 2.36 bits per heavy atom. The SMILES string of the molecule is OCCN(CC(O)COc1ccc(F)cc1)c1ccccc1. The van der Waals surface area contributed by atoms with Gasteiger partial charge in [-0.05, 0) is 36.4 Å². The highest BCUT2D eigenvalue weighted by Gasteiger charge is 2.13. The summed E-state index contributed by atoms with van der Waals surface area (Å²) in [4.78, 5) is 1.89. The molecule has 0 bridgehead atoms. The maximum absolute atomic E-state index is 12.8. The smallest absolute Gasteiger partial charge is 0.123 e. The summed E-state index contributed by atoms with van der Waals surface area (Å²) < 4.78 is 18.2. The molecule has 2 N–H and O–H groups in total. The van der Waals surface area contributed by atoms with Crippen LogP contribution in [0.2, 0.25) is 0 Å². The van der Waals surface area contributed by atoms with E-state index in [0.29, 0.717) is 18.8 Å². The zero-order valence-electron chi connectivity index (χ0n) is 12.2. The Kier molecular flexibility index (Phi) is 6.18. The van der Waals surface area contributed by atoms with Crippen LogP contribution in [-0.4, -0.2) is 42.6 Å². The molecule has 0 radical (unpaired) electrons. The summed E-state index contributed by atoms with van der Waals surface area (Å²) in [7, 11) is 0. The third kappa shape index (κ3) is 5.02. The molecule has 0 fully saturated rings. The van der Waals surface area contributed by atoms with Gasteiger partial charge >= 0.3 is 0 Å². The van der Waals surface area contributed by atoms with Gasteiger partial charge in [0, 0.05) is 18.8 Å². The molecule has 0 amide bonds. The van der Waals surface area contributed by atoms with Gasteiger partial charge in [-0.15, -0.1) is 0 Å². The first-order chi connectivity index (χ1) is 10.7. The molecule has 1 atom stereocenters. The number of nitrogens with zero attached hydrogens (tertiary/aromatic N) is 1. The van der Waals surface area contributed by atoms with Crippen molar-refractivity contribution in [2.45, 2.75) is 6.10 Å². The van der Waals surface area contributed by atoms with Crippen molar-refractivity contribution in [1.29, 1.82) is 0 Å². The Hall–Kier alpha value is -2.11. The highest BCUT2D eigenvalue weighted by molar-refractivity contribution is 5.46. The number of benzene rings is 2. The van der Waals surface area contributed by atoms with Crippen LogP contribution in [0.1, 0.15) is 0 Å². The lowest BCUT2D eigenvalue weighted by Crippen LogP contribution is -2.37. The normalized spacial score (nSPS) is 12.0. The molecule has 2 rings (SSSR count). The Bertz CT molecular complexity index is 548. The number of ether oxygens (including phenoxy) is 1. The van der Waals surface area contributed by atoms with Gasteiger partial charge in [-0.3, -0.25) is 0 Å². The van der Waals surface area contributed by atoms with E-state index < -0.39 is 6.10 Å². The van der Waals surface area contributed by atoms with E-state index in [1.165, 1.54) is 24.3 Å². The van der Waals surface area contributed by atoms with Gasteiger partial charge in [-0.1, -0.05) is 18.2 Å². The van der Waals surface area contributed by atoms with Gasteiger partial charge in [-0.2, -0.15) is 0 Å². The van der Waals surface area contributed by atoms with Gasteiger partial charge in [0.05, 0.1) is 6.61 Å². The number of hydrogen-bond donors (Lipinski definition) is 2. The molecule has 5 heteroatoms. The van der Waals surface area contributed by atoms with Crippen LogP contribution >= 0.6 is 0 Å². The lowest BCUT2D eigenvalue weighted by molar-refractivity contribution is 0.111. The van der Waals surface area contributed by atoms with Crippen LogP contribution in [0.25, 0.3) is 0 Å². The fraction of sp³-hybridized carbons (Fsp3) is 0.294. The molecule has 4 nitrogen and oxygen atoms in total. The lowest BCUT2D eigenvalue weighted by atomic mass is 10.2. The first-order valence-corrected chi connectivity index (χ1v) is 7.16. The summed E-state index contributed by atoms with van der Waals surface area (Å²) in [5.74, 6) is 0.181. The maximum Gasteiger partial charge on any atom is 0.123 e. The minimum Gasteiger partial charge on any atom is -0.491 e. The number of halogens is 1. The molecule has 2 aromatic carbocycles. The van der Waals surface area contributed by atoms with Crippen LogP contribution in [0.4, 0.5) is 10.1 Å². The first kappa shape index (κ1) is 16.3. The van der Waals surface area contributed by atoms with E-state index in [4.69, 9.17) is 9.84 Å². The molecule has 0 saturated heterocycles. The second-order valence-corrected chi connectivity index (χ2v) is 4.92. The van der Waals surface area contributed by atoms with Gasteiger partial charge in [0.1, 0.15) is 24.3 Å². The van der Waals surface area contributed by atoms with E-state index >= 15 is 0 Å². The quantitative estimate of drug-likeness (QED) is 0.784. The summed E-state index contributed by atoms with van der Waals surface area (Å²) in [6.45, 7) is 0.865. The van der Waals surface area contributed by atoms with E-state index in [2.05, 4.69) is 0 Å². The number of rotatable bonds is 8. The molecule has 118 valence electrons. The minimum atomic E-state index is -0.725. The fourth-order valence-electron chi connectivity index (χ4n) is 2.12. The number of aliphatic hydroxyl groups is 2. The highest BCUT2D eigenvalue weighted by Crippen LogP contribution is 2.14. The van der Waals surface area contributed by atoms with Crippen molar-refractivity contribution in [3.8, 4) is 5.75 Å². The van der Waals surface area contributed by atoms with Crippen molar-refractivity contribution in [3.05, 3.63) is 60.4 Å². The standard InChI is InChI=1S/C17H20FNO3/c18-14-6-8-17(9-7-14)22-13-16(21)12-19(10-11-20)15-4-2-1-3-5-15/h1-9,16,20-21H,10-13H2. The topological polar surface area (TPSA) is 52.9 Å². The number of hydrogen-bond acceptors (Lipinski definition) is 4. The van der Waals surface area contributed by atoms with Crippen molar-refractivity contribution in [1.82, 2.24) is 0 Å². The van der Waals surface area contributed by atoms with Gasteiger partial charge in [0.25, 0.3) is 0 Å². The minimum absolute atomic E-state index is 0.000430. The summed E-state index contributed by atoms with van der Waals surface area (Å²) in [5.41, 5.74) is 0.928. The van der Waals surface area contributed by atoms with Gasteiger partial charge in [0.2, 0.25) is 0 Å². The van der Waals surface area contributed by atoms with Gasteiger partial charge in [-0.25, -0.2) is 4.39 Å². The van der Waals surface area contributed by atoms with E-state index in [1.807, 2.05) is 35.2 Å². The van der Waals surface area contributed by atoms with Crippen LogP contribution in [0.3, 0.4) is 0 Å². The van der Waals surface area contributed by atoms with Gasteiger partial charge in [0.15, 0.2) is 0 Å². The van der Waals surface area contributed by atoms with E-state index in [9.17, 15) is 9.50 Å². The number of para-hydroxylation sites is 1. The van der Waals surface area contributed by atoms with Crippen LogP contribution in [0.15, 0.2) is 54.6 Å². The molecule has 22 heavy (non-hydrogen) atoms. The van der Waals surface area contributed by atoms with Crippen molar-refractivity contribution in [2.24, 2.45) is 0 Å². The van der Waals surface area contributed by atoms with E-state index in [0.717, 1.165) is 5.69 Å². The van der Waals surface area contributed by atoms with Crippen molar-refractivity contribution in [2.75, 3.05) is 31.2 Å². The monoisotopic (exact) mass is 305 g/mol. The van der Waals surface area contributed by atoms with Crippen LogP contribution < -0.4 is 9.64 Å². The largest absolute Gasteiger partial charge is 0.491 e. The molecule has 0 aliphatic carbocycles. The molecular formula is C17H20FNO3. The Morgan fingerprint density at radius 1 is 1.05 bits per heavy atom. The highest BCUT2D eigenvalue weighted by atomic mass is 19.1. The van der Waals surface area contributed by atoms with Gasteiger partial charge < -0.3 is 19.8 Å². The molecule has 0 heterocycles. The molecular weight excluding hydrogens is 285 g/mol. The molecule has 0 aromatic heterocycles. The Balaban J connectivity index is 1.88. The predicted molar refractivity (Wildman–Crippen MR) is 83.6 cm³/mol. The molecule has 0 aliphatic heterocycles. The van der Waals surface area contributed by atoms with Crippen molar-refractivity contribution < 1.29 is 19.3 Å². The Labute approximate surface area is 129 Å². The van der Waals surface area contributed by atoms with Crippen LogP contribution in [0.5, 0.6) is 5.75 Å². The second-order valence-electron chi connectivity index (χ2n) is 4.92. The van der Waals surface area contributed by atoms with E-state index in [-0.39, 0.29) is 19.0 Å². The first-order valence-electron chi connectivity index (χ1n) is 7.16. The van der Waals surface area contributed by atoms with Crippen molar-refractivity contribution in [3.63, 3.8) is 0 Å². The summed E-state index contributed by atoms with van der Waals surface area (Å²) in [5, 5.41) is 19.3. The number of aliphatic hydroxyl groups excluding tert-OH is 2. The maximum atomic E-state index is 12.8. The average molecular weight is 305 g/mol. The van der Waals surface area contributed by atoms with Crippen LogP contribution in [-0.2, 0) is 0 Å². The second kappa shape index (κ2) is 8.36. The molecule has 0 aliphatic rings. The van der Waals surface area contributed by atoms with Crippen LogP contribution in [0, 0.1) is 5.82 Å². The zero-order valence-corrected chi connectivity index (χ0v) is 12.2. The van der Waals surface area contributed by atoms with Crippen molar-refractivity contribution >= 4 is 5.69 Å². The number of anilines is 1. The van der Waals surface area contributed by atoms with E-state index in [1.54, 1.807) is 0 Å². The zero-order chi connectivity index (χ0) is 15.8. The Morgan fingerprint density at radius 2 is 1.73 bits per heavy atom. The summed E-state index contributed by atoms with van der Waals surface area (Å²) in [6.07, 6.45) is -0.725. The fourth-order valence-corrected chi connectivity index (χ4v) is 2.12. The molecule has 0 saturated carbocycles. The summed E-state index contributed by atoms with van der Waals surface area (Å²) >= 11 is 0. The molecule has 1 unspecified atom stereocenters. The predicted octanol–water partition coefficient (Wildman–Crippen LogP) is 2.06. The average Bonchev–Trinajstić information content (AvgIpc) is 2.55. The third-order valence-electron chi connectivity index (χ3n) is 3.18. The molecule has 2 aromatic rings. The third-order valence-corrected chi connectivity index (χ3v) is 3.18. The molecule has 0 spiro atoms. The summed E-state index contributed by atoms with van der Waals surface area (Å²) in [6, 6.07) is 15.2.